The van der Waals surface area contributed by atoms with Crippen LogP contribution in [0.2, 0.25) is 0 Å². The lowest BCUT2D eigenvalue weighted by Crippen LogP contribution is -2.30. The van der Waals surface area contributed by atoms with Gasteiger partial charge in [0.1, 0.15) is 5.76 Å². The predicted octanol–water partition coefficient (Wildman–Crippen LogP) is 3.80. The van der Waals surface area contributed by atoms with Crippen molar-refractivity contribution in [3.63, 3.8) is 0 Å². The van der Waals surface area contributed by atoms with Gasteiger partial charge in [0.25, 0.3) is 11.5 Å². The quantitative estimate of drug-likeness (QED) is 0.157. The summed E-state index contributed by atoms with van der Waals surface area (Å²) in [6, 6.07) is 12.9. The summed E-state index contributed by atoms with van der Waals surface area (Å²) in [5, 5.41) is 22.0. The number of H-pyrrole nitrogens is 1. The molecule has 168 valence electrons. The maximum Gasteiger partial charge on any atom is 0.302 e. The van der Waals surface area contributed by atoms with E-state index in [1.165, 1.54) is 41.6 Å². The SMILES string of the molecule is Cc1ccc2nc(N3C(=O)C(=O)/C(=C(/O)c4ccc([N+](=O)[O-])cc4)C3c3ccncc3)[nH]c2c1. The molecule has 2 aromatic carbocycles. The number of carbonyl (C=O) groups is 2. The van der Waals surface area contributed by atoms with Crippen molar-refractivity contribution in [1.82, 2.24) is 15.0 Å². The summed E-state index contributed by atoms with van der Waals surface area (Å²) in [5.74, 6) is -2.04. The fourth-order valence-corrected chi connectivity index (χ4v) is 4.03. The molecule has 0 spiro atoms. The number of aliphatic hydroxyl groups excluding tert-OH is 1. The lowest BCUT2D eigenvalue weighted by Gasteiger charge is -2.22. The van der Waals surface area contributed by atoms with Crippen molar-refractivity contribution in [2.24, 2.45) is 0 Å². The average Bonchev–Trinajstić information content (AvgIpc) is 3.37. The normalized spacial score (nSPS) is 17.4. The summed E-state index contributed by atoms with van der Waals surface area (Å²) < 4.78 is 0. The van der Waals surface area contributed by atoms with Crippen molar-refractivity contribution in [1.29, 1.82) is 0 Å². The molecule has 3 heterocycles. The van der Waals surface area contributed by atoms with Gasteiger partial charge in [-0.1, -0.05) is 6.07 Å². The zero-order valence-electron chi connectivity index (χ0n) is 17.8. The van der Waals surface area contributed by atoms with Crippen molar-refractivity contribution in [3.8, 4) is 0 Å². The van der Waals surface area contributed by atoms with Crippen LogP contribution >= 0.6 is 0 Å². The van der Waals surface area contributed by atoms with Gasteiger partial charge >= 0.3 is 5.91 Å². The van der Waals surface area contributed by atoms with Crippen LogP contribution in [-0.2, 0) is 9.59 Å². The molecule has 1 saturated heterocycles. The summed E-state index contributed by atoms with van der Waals surface area (Å²) in [6.45, 7) is 1.92. The number of fused-ring (bicyclic) bond motifs is 1. The molecule has 0 radical (unpaired) electrons. The Balaban J connectivity index is 1.69. The van der Waals surface area contributed by atoms with Gasteiger partial charge in [0.2, 0.25) is 5.95 Å². The monoisotopic (exact) mass is 455 g/mol. The Kier molecular flexibility index (Phi) is 4.90. The second-order valence-corrected chi connectivity index (χ2v) is 7.83. The number of aromatic nitrogens is 3. The number of hydrogen-bond donors (Lipinski definition) is 2. The molecule has 34 heavy (non-hydrogen) atoms. The van der Waals surface area contributed by atoms with Crippen LogP contribution in [0.1, 0.15) is 22.7 Å². The molecule has 2 N–H and O–H groups in total. The van der Waals surface area contributed by atoms with Crippen LogP contribution in [0.5, 0.6) is 0 Å². The van der Waals surface area contributed by atoms with Gasteiger partial charge in [-0.05, 0) is 54.4 Å². The number of nitro benzene ring substituents is 1. The largest absolute Gasteiger partial charge is 0.507 e. The van der Waals surface area contributed by atoms with Crippen LogP contribution in [0.4, 0.5) is 11.6 Å². The van der Waals surface area contributed by atoms with E-state index in [4.69, 9.17) is 0 Å². The number of rotatable bonds is 4. The number of nitrogens with one attached hydrogen (secondary N) is 1. The van der Waals surface area contributed by atoms with Gasteiger partial charge in [-0.15, -0.1) is 0 Å². The fourth-order valence-electron chi connectivity index (χ4n) is 4.03. The number of aryl methyl sites for hydroxylation is 1. The van der Waals surface area contributed by atoms with Crippen molar-refractivity contribution >= 4 is 40.1 Å². The minimum absolute atomic E-state index is 0.151. The fraction of sp³-hybridized carbons (Fsp3) is 0.0833. The first-order chi connectivity index (χ1) is 16.3. The number of amides is 1. The van der Waals surface area contributed by atoms with Crippen LogP contribution < -0.4 is 4.90 Å². The van der Waals surface area contributed by atoms with E-state index in [0.29, 0.717) is 16.6 Å². The standard InChI is InChI=1S/C24H17N5O5/c1-13-2-7-17-18(12-13)27-24(26-17)28-20(14-8-10-25-11-9-14)19(22(31)23(28)32)21(30)15-3-5-16(6-4-15)29(33)34/h2-12,20,30H,1H3,(H,26,27)/b21-19+. The summed E-state index contributed by atoms with van der Waals surface area (Å²) >= 11 is 0. The number of aliphatic hydroxyl groups is 1. The van der Waals surface area contributed by atoms with Crippen molar-refractivity contribution in [3.05, 3.63) is 99.4 Å². The van der Waals surface area contributed by atoms with Crippen LogP contribution in [0, 0.1) is 17.0 Å². The second-order valence-electron chi connectivity index (χ2n) is 7.83. The number of Topliss-reactive ketones (excluding diaryl/α,β-unsaturated/α-hetero) is 1. The third-order valence-corrected chi connectivity index (χ3v) is 5.67. The molecule has 1 atom stereocenters. The zero-order chi connectivity index (χ0) is 24.0. The highest BCUT2D eigenvalue weighted by molar-refractivity contribution is 6.51. The zero-order valence-corrected chi connectivity index (χ0v) is 17.8. The van der Waals surface area contributed by atoms with E-state index in [1.807, 2.05) is 19.1 Å². The Labute approximate surface area is 192 Å². The molecule has 1 unspecified atom stereocenters. The van der Waals surface area contributed by atoms with E-state index in [-0.39, 0.29) is 22.8 Å². The Bertz CT molecular complexity index is 1490. The summed E-state index contributed by atoms with van der Waals surface area (Å²) in [4.78, 5) is 49.6. The minimum atomic E-state index is -0.986. The highest BCUT2D eigenvalue weighted by atomic mass is 16.6. The molecule has 0 saturated carbocycles. The lowest BCUT2D eigenvalue weighted by molar-refractivity contribution is -0.384. The molecule has 1 amide bonds. The molecule has 4 aromatic rings. The number of ketones is 1. The number of benzene rings is 2. The number of anilines is 1. The first kappa shape index (κ1) is 21.0. The van der Waals surface area contributed by atoms with Crippen molar-refractivity contribution < 1.29 is 19.6 Å². The van der Waals surface area contributed by atoms with Gasteiger partial charge in [0, 0.05) is 30.1 Å². The van der Waals surface area contributed by atoms with Crippen LogP contribution in [0.3, 0.4) is 0 Å². The molecule has 2 aromatic heterocycles. The van der Waals surface area contributed by atoms with E-state index < -0.39 is 28.4 Å². The molecule has 5 rings (SSSR count). The van der Waals surface area contributed by atoms with Gasteiger partial charge in [0.05, 0.1) is 27.6 Å². The Morgan fingerprint density at radius 1 is 1.09 bits per heavy atom. The van der Waals surface area contributed by atoms with E-state index in [9.17, 15) is 24.8 Å². The molecular formula is C24H17N5O5. The molecule has 1 aliphatic rings. The molecular weight excluding hydrogens is 438 g/mol. The smallest absolute Gasteiger partial charge is 0.302 e. The topological polar surface area (TPSA) is 142 Å². The molecule has 1 aliphatic heterocycles. The van der Waals surface area contributed by atoms with E-state index >= 15 is 0 Å². The van der Waals surface area contributed by atoms with Crippen LogP contribution in [-0.4, -0.2) is 36.7 Å². The Morgan fingerprint density at radius 2 is 1.79 bits per heavy atom. The van der Waals surface area contributed by atoms with Crippen LogP contribution in [0.15, 0.2) is 72.6 Å². The first-order valence-electron chi connectivity index (χ1n) is 10.3. The highest BCUT2D eigenvalue weighted by Gasteiger charge is 2.48. The molecule has 0 bridgehead atoms. The van der Waals surface area contributed by atoms with Gasteiger partial charge in [-0.2, -0.15) is 0 Å². The van der Waals surface area contributed by atoms with E-state index in [1.54, 1.807) is 18.2 Å². The highest BCUT2D eigenvalue weighted by Crippen LogP contribution is 2.41. The van der Waals surface area contributed by atoms with Crippen LogP contribution in [0.25, 0.3) is 16.8 Å². The molecule has 10 heteroatoms. The number of nitro groups is 1. The minimum Gasteiger partial charge on any atom is -0.507 e. The summed E-state index contributed by atoms with van der Waals surface area (Å²) in [6.07, 6.45) is 3.03. The number of pyridine rings is 1. The summed E-state index contributed by atoms with van der Waals surface area (Å²) in [5.41, 5.74) is 2.69. The first-order valence-corrected chi connectivity index (χ1v) is 10.3. The summed E-state index contributed by atoms with van der Waals surface area (Å²) in [7, 11) is 0. The average molecular weight is 455 g/mol. The number of carbonyl (C=O) groups excluding carboxylic acids is 2. The molecule has 10 nitrogen and oxygen atoms in total. The number of aromatic amines is 1. The van der Waals surface area contributed by atoms with Gasteiger partial charge in [0.15, 0.2) is 0 Å². The van der Waals surface area contributed by atoms with E-state index in [2.05, 4.69) is 15.0 Å². The third-order valence-electron chi connectivity index (χ3n) is 5.67. The van der Waals surface area contributed by atoms with Crippen molar-refractivity contribution in [2.45, 2.75) is 13.0 Å². The van der Waals surface area contributed by atoms with Crippen molar-refractivity contribution in [2.75, 3.05) is 4.90 Å². The lowest BCUT2D eigenvalue weighted by atomic mass is 9.96. The number of imidazole rings is 1. The van der Waals surface area contributed by atoms with Gasteiger partial charge in [-0.25, -0.2) is 4.98 Å². The second kappa shape index (κ2) is 7.93. The van der Waals surface area contributed by atoms with Gasteiger partial charge in [-0.3, -0.25) is 29.6 Å². The predicted molar refractivity (Wildman–Crippen MR) is 123 cm³/mol. The number of hydrogen-bond acceptors (Lipinski definition) is 7. The molecule has 1 fully saturated rings. The van der Waals surface area contributed by atoms with E-state index in [0.717, 1.165) is 5.56 Å². The molecule has 0 aliphatic carbocycles. The maximum absolute atomic E-state index is 13.2. The number of nitrogens with zero attached hydrogens (tertiary/aromatic N) is 4. The number of non-ortho nitro benzene ring substituents is 1. The Morgan fingerprint density at radius 3 is 2.47 bits per heavy atom. The maximum atomic E-state index is 13.2. The third kappa shape index (κ3) is 3.37. The Hall–Kier alpha value is -4.86. The van der Waals surface area contributed by atoms with Gasteiger partial charge < -0.3 is 10.1 Å².